The summed E-state index contributed by atoms with van der Waals surface area (Å²) in [6.07, 6.45) is 5.94. The van der Waals surface area contributed by atoms with Crippen LogP contribution in [0.2, 0.25) is 0 Å². The number of carbonyl (C=O) groups is 1. The second kappa shape index (κ2) is 10.6. The zero-order chi connectivity index (χ0) is 20.6. The van der Waals surface area contributed by atoms with Crippen molar-refractivity contribution >= 4 is 17.2 Å². The summed E-state index contributed by atoms with van der Waals surface area (Å²) in [6, 6.07) is 5.95. The van der Waals surface area contributed by atoms with Crippen LogP contribution in [0.4, 0.5) is 0 Å². The number of ether oxygens (including phenoxy) is 2. The monoisotopic (exact) mass is 416 g/mol. The fraction of sp³-hybridized carbons (Fsp3) is 0.522. The molecule has 0 saturated heterocycles. The van der Waals surface area contributed by atoms with E-state index in [1.54, 1.807) is 31.6 Å². The van der Waals surface area contributed by atoms with E-state index in [4.69, 9.17) is 9.47 Å². The molecule has 0 atom stereocenters. The Bertz CT molecular complexity index is 792. The number of nitrogens with zero attached hydrogens (tertiary/aromatic N) is 2. The highest BCUT2D eigenvalue weighted by Gasteiger charge is 2.29. The normalized spacial score (nSPS) is 13.2. The number of benzene rings is 1. The van der Waals surface area contributed by atoms with E-state index in [1.165, 1.54) is 31.2 Å². The second-order valence-electron chi connectivity index (χ2n) is 7.69. The maximum Gasteiger partial charge on any atom is 0.254 e. The Balaban J connectivity index is 1.35. The Hall–Kier alpha value is -2.05. The van der Waals surface area contributed by atoms with Crippen molar-refractivity contribution in [3.05, 3.63) is 45.6 Å². The fourth-order valence-electron chi connectivity index (χ4n) is 3.85. The number of amides is 1. The summed E-state index contributed by atoms with van der Waals surface area (Å²) in [5, 5.41) is 4.40. The third kappa shape index (κ3) is 5.73. The molecular weight excluding hydrogens is 384 g/mol. The molecule has 3 rings (SSSR count). The largest absolute Gasteiger partial charge is 0.493 e. The predicted octanol–water partition coefficient (Wildman–Crippen LogP) is 4.46. The molecule has 0 unspecified atom stereocenters. The van der Waals surface area contributed by atoms with Gasteiger partial charge in [-0.2, -0.15) is 11.3 Å². The van der Waals surface area contributed by atoms with E-state index in [2.05, 4.69) is 28.8 Å². The summed E-state index contributed by atoms with van der Waals surface area (Å²) in [4.78, 5) is 17.0. The minimum Gasteiger partial charge on any atom is -0.493 e. The van der Waals surface area contributed by atoms with Gasteiger partial charge in [0.15, 0.2) is 11.5 Å². The smallest absolute Gasteiger partial charge is 0.254 e. The lowest BCUT2D eigenvalue weighted by molar-refractivity contribution is 0.0772. The van der Waals surface area contributed by atoms with Gasteiger partial charge in [-0.1, -0.05) is 6.42 Å². The van der Waals surface area contributed by atoms with Gasteiger partial charge < -0.3 is 19.3 Å². The van der Waals surface area contributed by atoms with Gasteiger partial charge in [-0.3, -0.25) is 4.79 Å². The van der Waals surface area contributed by atoms with Crippen LogP contribution < -0.4 is 9.47 Å². The summed E-state index contributed by atoms with van der Waals surface area (Å²) < 4.78 is 10.7. The van der Waals surface area contributed by atoms with Crippen LogP contribution in [0.1, 0.15) is 47.2 Å². The maximum atomic E-state index is 12.7. The van der Waals surface area contributed by atoms with Crippen molar-refractivity contribution in [3.8, 4) is 11.5 Å². The topological polar surface area (TPSA) is 42.0 Å². The van der Waals surface area contributed by atoms with Crippen LogP contribution in [-0.4, -0.2) is 56.6 Å². The first kappa shape index (κ1) is 21.7. The summed E-state index contributed by atoms with van der Waals surface area (Å²) in [6.45, 7) is 3.56. The first-order valence-electron chi connectivity index (χ1n) is 10.4. The number of thiophene rings is 1. The molecule has 1 aliphatic heterocycles. The molecule has 0 saturated carbocycles. The highest BCUT2D eigenvalue weighted by molar-refractivity contribution is 7.07. The molecule has 0 aliphatic carbocycles. The summed E-state index contributed by atoms with van der Waals surface area (Å²) >= 11 is 1.78. The van der Waals surface area contributed by atoms with Crippen LogP contribution in [-0.2, 0) is 13.0 Å². The third-order valence-electron chi connectivity index (χ3n) is 5.54. The molecule has 29 heavy (non-hydrogen) atoms. The van der Waals surface area contributed by atoms with Gasteiger partial charge in [0.2, 0.25) is 0 Å². The van der Waals surface area contributed by atoms with Gasteiger partial charge in [0.25, 0.3) is 5.91 Å². The quantitative estimate of drug-likeness (QED) is 0.479. The molecule has 158 valence electrons. The van der Waals surface area contributed by atoms with E-state index in [9.17, 15) is 4.79 Å². The van der Waals surface area contributed by atoms with E-state index >= 15 is 0 Å². The predicted molar refractivity (Wildman–Crippen MR) is 118 cm³/mol. The van der Waals surface area contributed by atoms with Crippen molar-refractivity contribution < 1.29 is 14.3 Å². The van der Waals surface area contributed by atoms with Crippen LogP contribution in [0.5, 0.6) is 11.5 Å². The van der Waals surface area contributed by atoms with Gasteiger partial charge in [-0.05, 0) is 85.9 Å². The van der Waals surface area contributed by atoms with E-state index in [0.29, 0.717) is 18.0 Å². The molecule has 0 fully saturated rings. The Morgan fingerprint density at radius 2 is 1.83 bits per heavy atom. The number of hydrogen-bond donors (Lipinski definition) is 0. The van der Waals surface area contributed by atoms with Gasteiger partial charge >= 0.3 is 0 Å². The van der Waals surface area contributed by atoms with Gasteiger partial charge in [-0.15, -0.1) is 0 Å². The van der Waals surface area contributed by atoms with Gasteiger partial charge in [-0.25, -0.2) is 0 Å². The Labute approximate surface area is 178 Å². The van der Waals surface area contributed by atoms with E-state index in [1.807, 2.05) is 11.0 Å². The van der Waals surface area contributed by atoms with Crippen molar-refractivity contribution in [1.82, 2.24) is 9.80 Å². The Morgan fingerprint density at radius 3 is 2.55 bits per heavy atom. The summed E-state index contributed by atoms with van der Waals surface area (Å²) in [5.41, 5.74) is 3.23. The molecule has 0 radical (unpaired) electrons. The minimum absolute atomic E-state index is 0.0945. The third-order valence-corrected chi connectivity index (χ3v) is 6.27. The zero-order valence-corrected chi connectivity index (χ0v) is 18.6. The van der Waals surface area contributed by atoms with E-state index < -0.39 is 0 Å². The first-order valence-corrected chi connectivity index (χ1v) is 11.3. The van der Waals surface area contributed by atoms with E-state index in [-0.39, 0.29) is 5.91 Å². The van der Waals surface area contributed by atoms with Crippen LogP contribution in [0.15, 0.2) is 29.0 Å². The SMILES string of the molecule is COc1cc2c(cc1OC)C(=O)N(CCCN(C)CCCCCc1ccsc1)C2. The molecule has 0 N–H and O–H groups in total. The van der Waals surface area contributed by atoms with Crippen molar-refractivity contribution in [1.29, 1.82) is 0 Å². The van der Waals surface area contributed by atoms with Crippen LogP contribution in [0, 0.1) is 0 Å². The molecule has 2 heterocycles. The highest BCUT2D eigenvalue weighted by atomic mass is 32.1. The Morgan fingerprint density at radius 1 is 1.07 bits per heavy atom. The summed E-state index contributed by atoms with van der Waals surface area (Å²) in [5.74, 6) is 1.39. The molecule has 1 amide bonds. The average Bonchev–Trinajstić information content (AvgIpc) is 3.35. The number of rotatable bonds is 12. The van der Waals surface area contributed by atoms with Crippen molar-refractivity contribution in [2.45, 2.75) is 38.6 Å². The number of fused-ring (bicyclic) bond motifs is 1. The maximum absolute atomic E-state index is 12.7. The molecule has 5 nitrogen and oxygen atoms in total. The zero-order valence-electron chi connectivity index (χ0n) is 17.8. The van der Waals surface area contributed by atoms with Gasteiger partial charge in [0.05, 0.1) is 14.2 Å². The van der Waals surface area contributed by atoms with Crippen molar-refractivity contribution in [2.24, 2.45) is 0 Å². The standard InChI is InChI=1S/C23H32N2O3S/c1-24(10-6-4-5-8-18-9-13-29-17-18)11-7-12-25-16-19-14-21(27-2)22(28-3)15-20(19)23(25)26/h9,13-15,17H,4-8,10-12,16H2,1-3H3. The number of unbranched alkanes of at least 4 members (excludes halogenated alkanes) is 2. The van der Waals surface area contributed by atoms with Gasteiger partial charge in [0, 0.05) is 18.7 Å². The fourth-order valence-corrected chi connectivity index (χ4v) is 4.55. The van der Waals surface area contributed by atoms with Crippen molar-refractivity contribution in [3.63, 3.8) is 0 Å². The lowest BCUT2D eigenvalue weighted by Crippen LogP contribution is -2.29. The molecule has 1 aliphatic rings. The van der Waals surface area contributed by atoms with Crippen LogP contribution in [0.25, 0.3) is 0 Å². The summed E-state index contributed by atoms with van der Waals surface area (Å²) in [7, 11) is 5.39. The molecule has 1 aromatic carbocycles. The van der Waals surface area contributed by atoms with E-state index in [0.717, 1.165) is 37.2 Å². The lowest BCUT2D eigenvalue weighted by atomic mass is 10.1. The number of hydrogen-bond acceptors (Lipinski definition) is 5. The molecule has 0 bridgehead atoms. The number of carbonyl (C=O) groups excluding carboxylic acids is 1. The second-order valence-corrected chi connectivity index (χ2v) is 8.47. The number of aryl methyl sites for hydroxylation is 1. The first-order chi connectivity index (χ1) is 14.1. The average molecular weight is 417 g/mol. The van der Waals surface area contributed by atoms with Crippen molar-refractivity contribution in [2.75, 3.05) is 40.9 Å². The minimum atomic E-state index is 0.0945. The number of methoxy groups -OCH3 is 2. The molecular formula is C23H32N2O3S. The molecule has 1 aromatic heterocycles. The van der Waals surface area contributed by atoms with Gasteiger partial charge in [0.1, 0.15) is 0 Å². The molecule has 6 heteroatoms. The van der Waals surface area contributed by atoms with Crippen LogP contribution >= 0.6 is 11.3 Å². The highest BCUT2D eigenvalue weighted by Crippen LogP contribution is 2.34. The Kier molecular flexibility index (Phi) is 7.95. The van der Waals surface area contributed by atoms with Crippen LogP contribution in [0.3, 0.4) is 0 Å². The lowest BCUT2D eigenvalue weighted by Gasteiger charge is -2.20. The molecule has 0 spiro atoms. The molecule has 2 aromatic rings.